The number of halogens is 1. The third-order valence-electron chi connectivity index (χ3n) is 3.86. The van der Waals surface area contributed by atoms with E-state index in [-0.39, 0.29) is 12.5 Å². The van der Waals surface area contributed by atoms with Gasteiger partial charge in [-0.25, -0.2) is 0 Å². The zero-order valence-electron chi connectivity index (χ0n) is 11.4. The number of aromatic nitrogens is 2. The van der Waals surface area contributed by atoms with Crippen LogP contribution < -0.4 is 0 Å². The van der Waals surface area contributed by atoms with Gasteiger partial charge in [0.2, 0.25) is 5.91 Å². The maximum Gasteiger partial charge on any atom is 0.248 e. The average Bonchev–Trinajstić information content (AvgIpc) is 2.69. The molecule has 0 atom stereocenters. The number of ether oxygens (including phenoxy) is 1. The minimum atomic E-state index is 0.121. The second kappa shape index (κ2) is 6.24. The van der Waals surface area contributed by atoms with Gasteiger partial charge in [-0.15, -0.1) is 0 Å². The van der Waals surface area contributed by atoms with Gasteiger partial charge in [-0.2, -0.15) is 5.10 Å². The summed E-state index contributed by atoms with van der Waals surface area (Å²) < 4.78 is 8.27. The van der Waals surface area contributed by atoms with Crippen LogP contribution in [0.3, 0.4) is 0 Å². The van der Waals surface area contributed by atoms with E-state index in [1.165, 1.54) is 0 Å². The zero-order valence-corrected chi connectivity index (χ0v) is 13.0. The summed E-state index contributed by atoms with van der Waals surface area (Å²) >= 11 is 3.41. The predicted molar refractivity (Wildman–Crippen MR) is 77.4 cm³/mol. The predicted octanol–water partition coefficient (Wildman–Crippen LogP) is 0.751. The zero-order chi connectivity index (χ0) is 13.9. The standard InChI is InChI=1S/C13H19BrN4O2/c14-11-6-15-18(7-11)12-8-16(9-12)3-4-17-2-1-5-20-10-13(17)19/h6-7,12H,1-5,8-10H2. The molecule has 7 heteroatoms. The van der Waals surface area contributed by atoms with E-state index in [2.05, 4.69) is 25.9 Å². The average molecular weight is 343 g/mol. The number of carbonyl (C=O) groups is 1. The molecule has 0 N–H and O–H groups in total. The van der Waals surface area contributed by atoms with Gasteiger partial charge in [-0.1, -0.05) is 0 Å². The Kier molecular flexibility index (Phi) is 4.38. The molecule has 0 aliphatic carbocycles. The van der Waals surface area contributed by atoms with Gasteiger partial charge in [0, 0.05) is 45.5 Å². The van der Waals surface area contributed by atoms with Crippen LogP contribution in [0.1, 0.15) is 12.5 Å². The van der Waals surface area contributed by atoms with Crippen LogP contribution >= 0.6 is 15.9 Å². The van der Waals surface area contributed by atoms with Crippen LogP contribution in [0.15, 0.2) is 16.9 Å². The van der Waals surface area contributed by atoms with Gasteiger partial charge in [0.25, 0.3) is 0 Å². The van der Waals surface area contributed by atoms with Crippen molar-refractivity contribution in [2.24, 2.45) is 0 Å². The molecule has 1 aromatic heterocycles. The van der Waals surface area contributed by atoms with Gasteiger partial charge in [0.1, 0.15) is 6.61 Å². The number of hydrogen-bond acceptors (Lipinski definition) is 4. The van der Waals surface area contributed by atoms with Crippen LogP contribution in [0.25, 0.3) is 0 Å². The number of likely N-dealkylation sites (tertiary alicyclic amines) is 1. The fourth-order valence-corrected chi connectivity index (χ4v) is 2.94. The second-order valence-electron chi connectivity index (χ2n) is 5.34. The lowest BCUT2D eigenvalue weighted by molar-refractivity contribution is -0.134. The lowest BCUT2D eigenvalue weighted by Crippen LogP contribution is -2.51. The molecule has 3 heterocycles. The first-order valence-corrected chi connectivity index (χ1v) is 7.79. The van der Waals surface area contributed by atoms with Crippen molar-refractivity contribution >= 4 is 21.8 Å². The summed E-state index contributed by atoms with van der Waals surface area (Å²) in [5.74, 6) is 0.121. The van der Waals surface area contributed by atoms with Crippen LogP contribution in [0.2, 0.25) is 0 Å². The summed E-state index contributed by atoms with van der Waals surface area (Å²) in [4.78, 5) is 16.1. The van der Waals surface area contributed by atoms with E-state index in [9.17, 15) is 4.79 Å². The summed E-state index contributed by atoms with van der Waals surface area (Å²) in [6.45, 7) is 5.51. The number of rotatable bonds is 4. The highest BCUT2D eigenvalue weighted by molar-refractivity contribution is 9.10. The van der Waals surface area contributed by atoms with Gasteiger partial charge in [-0.3, -0.25) is 14.4 Å². The molecule has 6 nitrogen and oxygen atoms in total. The van der Waals surface area contributed by atoms with Crippen molar-refractivity contribution in [2.75, 3.05) is 45.9 Å². The maximum atomic E-state index is 11.8. The Labute approximate surface area is 126 Å². The highest BCUT2D eigenvalue weighted by Gasteiger charge is 2.29. The Hall–Kier alpha value is -0.920. The first kappa shape index (κ1) is 14.0. The lowest BCUT2D eigenvalue weighted by Gasteiger charge is -2.40. The van der Waals surface area contributed by atoms with Crippen LogP contribution in [-0.4, -0.2) is 71.4 Å². The molecular weight excluding hydrogens is 324 g/mol. The van der Waals surface area contributed by atoms with Crippen molar-refractivity contribution in [2.45, 2.75) is 12.5 Å². The molecule has 2 aliphatic heterocycles. The summed E-state index contributed by atoms with van der Waals surface area (Å²) in [5.41, 5.74) is 0. The molecular formula is C13H19BrN4O2. The van der Waals surface area contributed by atoms with Crippen LogP contribution in [0.4, 0.5) is 0 Å². The Morgan fingerprint density at radius 3 is 3.00 bits per heavy atom. The molecule has 0 bridgehead atoms. The molecule has 0 aromatic carbocycles. The highest BCUT2D eigenvalue weighted by atomic mass is 79.9. The van der Waals surface area contributed by atoms with E-state index >= 15 is 0 Å². The van der Waals surface area contributed by atoms with Crippen molar-refractivity contribution in [1.29, 1.82) is 0 Å². The third kappa shape index (κ3) is 3.21. The molecule has 1 amide bonds. The fourth-order valence-electron chi connectivity index (χ4n) is 2.64. The largest absolute Gasteiger partial charge is 0.372 e. The Morgan fingerprint density at radius 2 is 2.25 bits per heavy atom. The Balaban J connectivity index is 1.41. The van der Waals surface area contributed by atoms with Gasteiger partial charge in [-0.05, 0) is 22.4 Å². The first-order valence-electron chi connectivity index (χ1n) is 7.00. The number of nitrogens with zero attached hydrogens (tertiary/aromatic N) is 4. The molecule has 0 radical (unpaired) electrons. The monoisotopic (exact) mass is 342 g/mol. The first-order chi connectivity index (χ1) is 9.72. The van der Waals surface area contributed by atoms with Crippen LogP contribution in [0, 0.1) is 0 Å². The number of carbonyl (C=O) groups excluding carboxylic acids is 1. The van der Waals surface area contributed by atoms with E-state index in [0.29, 0.717) is 12.6 Å². The quantitative estimate of drug-likeness (QED) is 0.810. The topological polar surface area (TPSA) is 50.6 Å². The fraction of sp³-hybridized carbons (Fsp3) is 0.692. The van der Waals surface area contributed by atoms with Gasteiger partial charge in [0.05, 0.1) is 16.7 Å². The van der Waals surface area contributed by atoms with Crippen molar-refractivity contribution in [3.05, 3.63) is 16.9 Å². The van der Waals surface area contributed by atoms with E-state index in [0.717, 1.165) is 43.6 Å². The maximum absolute atomic E-state index is 11.8. The second-order valence-corrected chi connectivity index (χ2v) is 6.25. The molecule has 0 saturated carbocycles. The SMILES string of the molecule is O=C1COCCCN1CCN1CC(n2cc(Br)cn2)C1. The summed E-state index contributed by atoms with van der Waals surface area (Å²) in [7, 11) is 0. The molecule has 2 aliphatic rings. The van der Waals surface area contributed by atoms with E-state index in [1.54, 1.807) is 0 Å². The van der Waals surface area contributed by atoms with E-state index in [1.807, 2.05) is 22.0 Å². The van der Waals surface area contributed by atoms with Crippen molar-refractivity contribution in [3.8, 4) is 0 Å². The molecule has 0 unspecified atom stereocenters. The molecule has 2 saturated heterocycles. The highest BCUT2D eigenvalue weighted by Crippen LogP contribution is 2.21. The number of hydrogen-bond donors (Lipinski definition) is 0. The minimum Gasteiger partial charge on any atom is -0.372 e. The van der Waals surface area contributed by atoms with Gasteiger partial charge < -0.3 is 9.64 Å². The molecule has 20 heavy (non-hydrogen) atoms. The van der Waals surface area contributed by atoms with E-state index in [4.69, 9.17) is 4.74 Å². The van der Waals surface area contributed by atoms with Gasteiger partial charge in [0.15, 0.2) is 0 Å². The molecule has 3 rings (SSSR count). The molecule has 2 fully saturated rings. The van der Waals surface area contributed by atoms with Gasteiger partial charge >= 0.3 is 0 Å². The molecule has 0 spiro atoms. The van der Waals surface area contributed by atoms with Crippen molar-refractivity contribution in [3.63, 3.8) is 0 Å². The Bertz CT molecular complexity index is 473. The molecule has 1 aromatic rings. The van der Waals surface area contributed by atoms with Crippen LogP contribution in [0.5, 0.6) is 0 Å². The van der Waals surface area contributed by atoms with Crippen molar-refractivity contribution < 1.29 is 9.53 Å². The lowest BCUT2D eigenvalue weighted by atomic mass is 10.1. The summed E-state index contributed by atoms with van der Waals surface area (Å²) in [6.07, 6.45) is 4.77. The summed E-state index contributed by atoms with van der Waals surface area (Å²) in [5, 5.41) is 4.31. The smallest absolute Gasteiger partial charge is 0.248 e. The molecule has 110 valence electrons. The van der Waals surface area contributed by atoms with Crippen LogP contribution in [-0.2, 0) is 9.53 Å². The van der Waals surface area contributed by atoms with Crippen molar-refractivity contribution in [1.82, 2.24) is 19.6 Å². The summed E-state index contributed by atoms with van der Waals surface area (Å²) in [6, 6.07) is 0.462. The third-order valence-corrected chi connectivity index (χ3v) is 4.27. The Morgan fingerprint density at radius 1 is 1.40 bits per heavy atom. The number of amides is 1. The normalized spacial score (nSPS) is 21.9. The van der Waals surface area contributed by atoms with E-state index < -0.39 is 0 Å². The minimum absolute atomic E-state index is 0.121.